The fourth-order valence-corrected chi connectivity index (χ4v) is 2.75. The normalized spacial score (nSPS) is 11.9. The number of para-hydroxylation sites is 1. The first-order valence-corrected chi connectivity index (χ1v) is 7.84. The van der Waals surface area contributed by atoms with Gasteiger partial charge >= 0.3 is 5.97 Å². The highest BCUT2D eigenvalue weighted by Crippen LogP contribution is 2.20. The van der Waals surface area contributed by atoms with Crippen LogP contribution in [-0.4, -0.2) is 22.0 Å². The van der Waals surface area contributed by atoms with Gasteiger partial charge in [0.1, 0.15) is 5.82 Å². The van der Waals surface area contributed by atoms with Crippen molar-refractivity contribution < 1.29 is 19.1 Å². The van der Waals surface area contributed by atoms with Gasteiger partial charge in [-0.05, 0) is 23.8 Å². The predicted molar refractivity (Wildman–Crippen MR) is 93.4 cm³/mol. The van der Waals surface area contributed by atoms with Crippen LogP contribution < -0.4 is 10.9 Å². The van der Waals surface area contributed by atoms with Crippen LogP contribution in [0.25, 0.3) is 10.9 Å². The number of carboxylic acids is 1. The predicted octanol–water partition coefficient (Wildman–Crippen LogP) is 2.61. The standard InChI is InChI=1S/C19H15FN2O4/c20-12-7-5-11(6-8-12)16(10-18(24)25)22-19(26)14-9-17(23)21-15-4-2-1-3-13(14)15/h1-9,16H,10H2,(H,21,23)(H,22,26)(H,24,25)/t16-/m0/s1. The molecule has 7 heteroatoms. The second-order valence-electron chi connectivity index (χ2n) is 5.77. The van der Waals surface area contributed by atoms with Gasteiger partial charge in [0.25, 0.3) is 5.91 Å². The van der Waals surface area contributed by atoms with Crippen LogP contribution in [0.15, 0.2) is 59.4 Å². The smallest absolute Gasteiger partial charge is 0.305 e. The Labute approximate surface area is 147 Å². The molecule has 0 aliphatic rings. The number of benzene rings is 2. The molecule has 0 radical (unpaired) electrons. The number of rotatable bonds is 5. The molecule has 132 valence electrons. The van der Waals surface area contributed by atoms with Gasteiger partial charge in [0, 0.05) is 17.0 Å². The lowest BCUT2D eigenvalue weighted by molar-refractivity contribution is -0.137. The molecule has 0 saturated heterocycles. The number of amides is 1. The number of fused-ring (bicyclic) bond motifs is 1. The molecule has 0 fully saturated rings. The van der Waals surface area contributed by atoms with Gasteiger partial charge in [-0.3, -0.25) is 14.4 Å². The summed E-state index contributed by atoms with van der Waals surface area (Å²) in [6.45, 7) is 0. The summed E-state index contributed by atoms with van der Waals surface area (Å²) in [5, 5.41) is 12.3. The lowest BCUT2D eigenvalue weighted by atomic mass is 10.0. The Balaban J connectivity index is 1.97. The summed E-state index contributed by atoms with van der Waals surface area (Å²) in [5.41, 5.74) is 0.658. The van der Waals surface area contributed by atoms with E-state index in [1.165, 1.54) is 30.3 Å². The maximum atomic E-state index is 13.1. The van der Waals surface area contributed by atoms with Crippen LogP contribution in [0.1, 0.15) is 28.4 Å². The monoisotopic (exact) mass is 354 g/mol. The third-order valence-electron chi connectivity index (χ3n) is 3.95. The zero-order valence-electron chi connectivity index (χ0n) is 13.5. The zero-order valence-corrected chi connectivity index (χ0v) is 13.5. The van der Waals surface area contributed by atoms with E-state index in [2.05, 4.69) is 10.3 Å². The van der Waals surface area contributed by atoms with Gasteiger partial charge in [-0.15, -0.1) is 0 Å². The Morgan fingerprint density at radius 1 is 1.12 bits per heavy atom. The molecular formula is C19H15FN2O4. The van der Waals surface area contributed by atoms with Crippen LogP contribution >= 0.6 is 0 Å². The number of aromatic nitrogens is 1. The minimum absolute atomic E-state index is 0.141. The number of H-pyrrole nitrogens is 1. The molecule has 0 aliphatic heterocycles. The summed E-state index contributed by atoms with van der Waals surface area (Å²) in [7, 11) is 0. The number of hydrogen-bond acceptors (Lipinski definition) is 3. The molecule has 6 nitrogen and oxygen atoms in total. The molecule has 0 saturated carbocycles. The average Bonchev–Trinajstić information content (AvgIpc) is 2.60. The van der Waals surface area contributed by atoms with Crippen LogP contribution in [0.4, 0.5) is 4.39 Å². The molecule has 1 aromatic heterocycles. The lowest BCUT2D eigenvalue weighted by Gasteiger charge is -2.18. The van der Waals surface area contributed by atoms with E-state index in [0.717, 1.165) is 0 Å². The fraction of sp³-hybridized carbons (Fsp3) is 0.105. The molecule has 1 amide bonds. The van der Waals surface area contributed by atoms with Gasteiger partial charge in [-0.25, -0.2) is 4.39 Å². The molecule has 2 aromatic carbocycles. The van der Waals surface area contributed by atoms with Gasteiger partial charge in [0.2, 0.25) is 5.56 Å². The Morgan fingerprint density at radius 2 is 1.81 bits per heavy atom. The molecule has 3 rings (SSSR count). The van der Waals surface area contributed by atoms with Crippen LogP contribution in [0, 0.1) is 5.82 Å². The Bertz CT molecular complexity index is 1030. The summed E-state index contributed by atoms with van der Waals surface area (Å²) < 4.78 is 13.1. The van der Waals surface area contributed by atoms with Crippen molar-refractivity contribution in [1.29, 1.82) is 0 Å². The molecule has 0 spiro atoms. The number of carbonyl (C=O) groups is 2. The van der Waals surface area contributed by atoms with Crippen LogP contribution in [0.3, 0.4) is 0 Å². The quantitative estimate of drug-likeness (QED) is 0.656. The minimum atomic E-state index is -1.12. The molecule has 0 aliphatic carbocycles. The number of hydrogen-bond donors (Lipinski definition) is 3. The van der Waals surface area contributed by atoms with E-state index < -0.39 is 29.3 Å². The number of pyridine rings is 1. The number of aromatic amines is 1. The topological polar surface area (TPSA) is 99.3 Å². The van der Waals surface area contributed by atoms with Crippen molar-refractivity contribution in [3.05, 3.63) is 81.9 Å². The molecule has 1 heterocycles. The van der Waals surface area contributed by atoms with Crippen molar-refractivity contribution in [1.82, 2.24) is 10.3 Å². The van der Waals surface area contributed by atoms with Gasteiger partial charge in [0.05, 0.1) is 18.0 Å². The van der Waals surface area contributed by atoms with Gasteiger partial charge < -0.3 is 15.4 Å². The Hall–Kier alpha value is -3.48. The maximum Gasteiger partial charge on any atom is 0.305 e. The van der Waals surface area contributed by atoms with Crippen molar-refractivity contribution in [2.45, 2.75) is 12.5 Å². The highest BCUT2D eigenvalue weighted by Gasteiger charge is 2.20. The van der Waals surface area contributed by atoms with Crippen LogP contribution in [0.5, 0.6) is 0 Å². The first-order chi connectivity index (χ1) is 12.4. The molecule has 1 atom stereocenters. The molecule has 3 N–H and O–H groups in total. The van der Waals surface area contributed by atoms with E-state index in [0.29, 0.717) is 16.5 Å². The number of carbonyl (C=O) groups excluding carboxylic acids is 1. The summed E-state index contributed by atoms with van der Waals surface area (Å²) >= 11 is 0. The number of nitrogens with one attached hydrogen (secondary N) is 2. The maximum absolute atomic E-state index is 13.1. The second kappa shape index (κ2) is 7.18. The minimum Gasteiger partial charge on any atom is -0.481 e. The Kier molecular flexibility index (Phi) is 4.79. The van der Waals surface area contributed by atoms with Crippen LogP contribution in [-0.2, 0) is 4.79 Å². The fourth-order valence-electron chi connectivity index (χ4n) is 2.75. The summed E-state index contributed by atoms with van der Waals surface area (Å²) in [6.07, 6.45) is -0.376. The van der Waals surface area contributed by atoms with Gasteiger partial charge in [-0.1, -0.05) is 30.3 Å². The number of halogens is 1. The number of aliphatic carboxylic acids is 1. The van der Waals surface area contributed by atoms with E-state index in [9.17, 15) is 18.8 Å². The third-order valence-corrected chi connectivity index (χ3v) is 3.95. The van der Waals surface area contributed by atoms with Crippen molar-refractivity contribution >= 4 is 22.8 Å². The van der Waals surface area contributed by atoms with E-state index in [1.807, 2.05) is 0 Å². The summed E-state index contributed by atoms with van der Waals surface area (Å²) in [6, 6.07) is 12.3. The highest BCUT2D eigenvalue weighted by atomic mass is 19.1. The van der Waals surface area contributed by atoms with Crippen molar-refractivity contribution in [2.75, 3.05) is 0 Å². The van der Waals surface area contributed by atoms with E-state index in [4.69, 9.17) is 5.11 Å². The summed E-state index contributed by atoms with van der Waals surface area (Å²) in [4.78, 5) is 38.3. The van der Waals surface area contributed by atoms with Gasteiger partial charge in [-0.2, -0.15) is 0 Å². The first kappa shape index (κ1) is 17.3. The first-order valence-electron chi connectivity index (χ1n) is 7.84. The highest BCUT2D eigenvalue weighted by molar-refractivity contribution is 6.06. The van der Waals surface area contributed by atoms with Gasteiger partial charge in [0.15, 0.2) is 0 Å². The number of carboxylic acid groups (broad SMARTS) is 1. The largest absolute Gasteiger partial charge is 0.481 e. The van der Waals surface area contributed by atoms with Crippen molar-refractivity contribution in [2.24, 2.45) is 0 Å². The molecule has 26 heavy (non-hydrogen) atoms. The second-order valence-corrected chi connectivity index (χ2v) is 5.77. The third kappa shape index (κ3) is 3.77. The average molecular weight is 354 g/mol. The zero-order chi connectivity index (χ0) is 18.7. The molecule has 3 aromatic rings. The Morgan fingerprint density at radius 3 is 2.50 bits per heavy atom. The molecule has 0 unspecified atom stereocenters. The van der Waals surface area contributed by atoms with Crippen LogP contribution in [0.2, 0.25) is 0 Å². The van der Waals surface area contributed by atoms with E-state index >= 15 is 0 Å². The molecule has 0 bridgehead atoms. The summed E-state index contributed by atoms with van der Waals surface area (Å²) in [5.74, 6) is -2.16. The molecular weight excluding hydrogens is 339 g/mol. The SMILES string of the molecule is O=C(O)C[C@H](NC(=O)c1cc(=O)[nH]c2ccccc12)c1ccc(F)cc1. The lowest BCUT2D eigenvalue weighted by Crippen LogP contribution is -2.31. The van der Waals surface area contributed by atoms with E-state index in [1.54, 1.807) is 24.3 Å². The van der Waals surface area contributed by atoms with Crippen molar-refractivity contribution in [3.63, 3.8) is 0 Å². The van der Waals surface area contributed by atoms with Crippen molar-refractivity contribution in [3.8, 4) is 0 Å². The van der Waals surface area contributed by atoms with E-state index in [-0.39, 0.29) is 12.0 Å².